The first-order chi connectivity index (χ1) is 15.2. The van der Waals surface area contributed by atoms with Crippen molar-refractivity contribution in [1.29, 1.82) is 0 Å². The van der Waals surface area contributed by atoms with Crippen LogP contribution in [0.5, 0.6) is 5.75 Å². The lowest BCUT2D eigenvalue weighted by Crippen LogP contribution is -2.33. The van der Waals surface area contributed by atoms with Crippen molar-refractivity contribution in [1.82, 2.24) is 0 Å². The van der Waals surface area contributed by atoms with Crippen LogP contribution in [0, 0.1) is 0 Å². The summed E-state index contributed by atoms with van der Waals surface area (Å²) in [7, 11) is 0. The number of amides is 1. The highest BCUT2D eigenvalue weighted by atomic mass is 16.5. The molecule has 154 valence electrons. The fourth-order valence-electron chi connectivity index (χ4n) is 3.28. The van der Waals surface area contributed by atoms with Crippen molar-refractivity contribution < 1.29 is 14.1 Å². The Hall–Kier alpha value is -3.92. The molecule has 0 saturated carbocycles. The van der Waals surface area contributed by atoms with Crippen molar-refractivity contribution in [2.45, 2.75) is 19.6 Å². The summed E-state index contributed by atoms with van der Waals surface area (Å²) in [4.78, 5) is 12.4. The molecule has 0 aliphatic heterocycles. The van der Waals surface area contributed by atoms with Gasteiger partial charge < -0.3 is 10.1 Å². The molecule has 0 spiro atoms. The molecule has 4 aromatic rings. The second kappa shape index (κ2) is 10.2. The standard InChI is InChI=1S/C27H24N2O2/c30-27(28-25-15-17-29(18-16-25)20-23-7-3-1-4-8-23)19-22-11-13-26(14-12-22)31-21-24-9-5-2-6-10-24/h1-18H,19-21H2/p+1. The van der Waals surface area contributed by atoms with Crippen LogP contribution in [0.15, 0.2) is 109 Å². The quantitative estimate of drug-likeness (QED) is 0.426. The molecule has 1 heterocycles. The number of pyridine rings is 1. The van der Waals surface area contributed by atoms with E-state index in [9.17, 15) is 4.79 Å². The van der Waals surface area contributed by atoms with Crippen molar-refractivity contribution in [2.24, 2.45) is 0 Å². The van der Waals surface area contributed by atoms with Gasteiger partial charge in [-0.3, -0.25) is 4.79 Å². The van der Waals surface area contributed by atoms with Gasteiger partial charge in [0.1, 0.15) is 12.4 Å². The highest BCUT2D eigenvalue weighted by Gasteiger charge is 2.07. The molecule has 0 bridgehead atoms. The van der Waals surface area contributed by atoms with E-state index < -0.39 is 0 Å². The van der Waals surface area contributed by atoms with Crippen LogP contribution in [-0.4, -0.2) is 5.91 Å². The molecule has 0 unspecified atom stereocenters. The lowest BCUT2D eigenvalue weighted by molar-refractivity contribution is -0.688. The predicted molar refractivity (Wildman–Crippen MR) is 122 cm³/mol. The number of rotatable bonds is 8. The van der Waals surface area contributed by atoms with Gasteiger partial charge in [-0.05, 0) is 23.3 Å². The van der Waals surface area contributed by atoms with E-state index in [1.807, 2.05) is 97.3 Å². The fraction of sp³-hybridized carbons (Fsp3) is 0.111. The Kier molecular flexibility index (Phi) is 6.71. The summed E-state index contributed by atoms with van der Waals surface area (Å²) in [5.74, 6) is 0.748. The van der Waals surface area contributed by atoms with E-state index in [0.29, 0.717) is 13.0 Å². The second-order valence-electron chi connectivity index (χ2n) is 7.39. The molecule has 0 fully saturated rings. The lowest BCUT2D eigenvalue weighted by atomic mass is 10.1. The Balaban J connectivity index is 1.26. The number of carbonyl (C=O) groups is 1. The van der Waals surface area contributed by atoms with E-state index in [0.717, 1.165) is 29.1 Å². The van der Waals surface area contributed by atoms with Crippen molar-refractivity contribution in [2.75, 3.05) is 5.32 Å². The first-order valence-electron chi connectivity index (χ1n) is 10.3. The van der Waals surface area contributed by atoms with E-state index in [4.69, 9.17) is 4.74 Å². The SMILES string of the molecule is O=C(Cc1ccc(OCc2ccccc2)cc1)Nc1cc[n+](Cc2ccccc2)cc1. The minimum absolute atomic E-state index is 0.0428. The van der Waals surface area contributed by atoms with E-state index >= 15 is 0 Å². The van der Waals surface area contributed by atoms with Crippen LogP contribution in [0.3, 0.4) is 0 Å². The van der Waals surface area contributed by atoms with Gasteiger partial charge in [0.05, 0.1) is 12.1 Å². The third-order valence-electron chi connectivity index (χ3n) is 4.92. The maximum Gasteiger partial charge on any atom is 0.228 e. The Labute approximate surface area is 182 Å². The molecule has 4 rings (SSSR count). The van der Waals surface area contributed by atoms with Crippen molar-refractivity contribution in [3.63, 3.8) is 0 Å². The van der Waals surface area contributed by atoms with Gasteiger partial charge in [0, 0.05) is 17.7 Å². The highest BCUT2D eigenvalue weighted by Crippen LogP contribution is 2.15. The van der Waals surface area contributed by atoms with Crippen LogP contribution < -0.4 is 14.6 Å². The smallest absolute Gasteiger partial charge is 0.228 e. The van der Waals surface area contributed by atoms with E-state index in [1.54, 1.807) is 0 Å². The summed E-state index contributed by atoms with van der Waals surface area (Å²) in [6, 6.07) is 31.8. The predicted octanol–water partition coefficient (Wildman–Crippen LogP) is 4.78. The van der Waals surface area contributed by atoms with Crippen LogP contribution in [0.1, 0.15) is 16.7 Å². The minimum atomic E-state index is -0.0428. The molecule has 4 heteroatoms. The number of anilines is 1. The number of ether oxygens (including phenoxy) is 1. The second-order valence-corrected chi connectivity index (χ2v) is 7.39. The fourth-order valence-corrected chi connectivity index (χ4v) is 3.28. The van der Waals surface area contributed by atoms with Crippen LogP contribution in [0.2, 0.25) is 0 Å². The third kappa shape index (κ3) is 6.28. The van der Waals surface area contributed by atoms with Crippen molar-refractivity contribution in [3.8, 4) is 5.75 Å². The molecule has 0 atom stereocenters. The van der Waals surface area contributed by atoms with Gasteiger partial charge in [-0.25, -0.2) is 4.57 Å². The number of nitrogens with zero attached hydrogens (tertiary/aromatic N) is 1. The first kappa shape index (κ1) is 20.4. The molecular weight excluding hydrogens is 384 g/mol. The van der Waals surface area contributed by atoms with Gasteiger partial charge in [-0.1, -0.05) is 72.8 Å². The Morgan fingerprint density at radius 3 is 1.97 bits per heavy atom. The Bertz CT molecular complexity index is 1090. The van der Waals surface area contributed by atoms with Gasteiger partial charge in [0.2, 0.25) is 5.91 Å². The molecule has 3 aromatic carbocycles. The average Bonchev–Trinajstić information content (AvgIpc) is 2.81. The molecule has 1 amide bonds. The summed E-state index contributed by atoms with van der Waals surface area (Å²) in [5.41, 5.74) is 4.09. The molecule has 0 saturated heterocycles. The molecule has 1 aromatic heterocycles. The average molecular weight is 410 g/mol. The van der Waals surface area contributed by atoms with Crippen molar-refractivity contribution >= 4 is 11.6 Å². The van der Waals surface area contributed by atoms with Gasteiger partial charge >= 0.3 is 0 Å². The van der Waals surface area contributed by atoms with Crippen LogP contribution in [0.25, 0.3) is 0 Å². The summed E-state index contributed by atoms with van der Waals surface area (Å²) in [6.45, 7) is 1.33. The number of hydrogen-bond donors (Lipinski definition) is 1. The highest BCUT2D eigenvalue weighted by molar-refractivity contribution is 5.92. The van der Waals surface area contributed by atoms with E-state index in [-0.39, 0.29) is 5.91 Å². The molecular formula is C27H25N2O2+. The summed E-state index contributed by atoms with van der Waals surface area (Å²) in [5, 5.41) is 2.96. The summed E-state index contributed by atoms with van der Waals surface area (Å²) < 4.78 is 7.88. The van der Waals surface area contributed by atoms with E-state index in [1.165, 1.54) is 5.56 Å². The zero-order valence-electron chi connectivity index (χ0n) is 17.3. The number of benzene rings is 3. The summed E-state index contributed by atoms with van der Waals surface area (Å²) in [6.07, 6.45) is 4.26. The first-order valence-corrected chi connectivity index (χ1v) is 10.3. The van der Waals surface area contributed by atoms with Gasteiger partial charge in [-0.15, -0.1) is 0 Å². The van der Waals surface area contributed by atoms with Crippen LogP contribution >= 0.6 is 0 Å². The zero-order valence-corrected chi connectivity index (χ0v) is 17.3. The topological polar surface area (TPSA) is 42.2 Å². The monoisotopic (exact) mass is 409 g/mol. The van der Waals surface area contributed by atoms with E-state index in [2.05, 4.69) is 22.0 Å². The van der Waals surface area contributed by atoms with Gasteiger partial charge in [0.25, 0.3) is 0 Å². The Morgan fingerprint density at radius 1 is 0.710 bits per heavy atom. The Morgan fingerprint density at radius 2 is 1.32 bits per heavy atom. The van der Waals surface area contributed by atoms with Gasteiger partial charge in [0.15, 0.2) is 18.9 Å². The summed E-state index contributed by atoms with van der Waals surface area (Å²) >= 11 is 0. The molecule has 4 nitrogen and oxygen atoms in total. The number of nitrogens with one attached hydrogen (secondary N) is 1. The normalized spacial score (nSPS) is 10.5. The molecule has 0 radical (unpaired) electrons. The number of hydrogen-bond acceptors (Lipinski definition) is 2. The third-order valence-corrected chi connectivity index (χ3v) is 4.92. The molecule has 31 heavy (non-hydrogen) atoms. The van der Waals surface area contributed by atoms with Crippen molar-refractivity contribution in [3.05, 3.63) is 126 Å². The maximum absolute atomic E-state index is 12.4. The zero-order chi connectivity index (χ0) is 21.3. The maximum atomic E-state index is 12.4. The molecule has 0 aliphatic rings. The van der Waals surface area contributed by atoms with Crippen LogP contribution in [-0.2, 0) is 24.4 Å². The largest absolute Gasteiger partial charge is 0.489 e. The lowest BCUT2D eigenvalue weighted by Gasteiger charge is -2.08. The molecule has 0 aliphatic carbocycles. The number of carbonyl (C=O) groups excluding carboxylic acids is 1. The minimum Gasteiger partial charge on any atom is -0.489 e. The van der Waals surface area contributed by atoms with Gasteiger partial charge in [-0.2, -0.15) is 0 Å². The molecule has 1 N–H and O–H groups in total. The number of aromatic nitrogens is 1. The van der Waals surface area contributed by atoms with Crippen LogP contribution in [0.4, 0.5) is 5.69 Å².